The van der Waals surface area contributed by atoms with Crippen molar-refractivity contribution in [1.82, 2.24) is 15.1 Å². The summed E-state index contributed by atoms with van der Waals surface area (Å²) in [6.07, 6.45) is 13.6. The zero-order chi connectivity index (χ0) is 29.9. The van der Waals surface area contributed by atoms with Gasteiger partial charge in [0.2, 0.25) is 17.7 Å². The molecule has 0 bridgehead atoms. The quantitative estimate of drug-likeness (QED) is 0.250. The minimum atomic E-state index is -1.01. The molecule has 3 N–H and O–H groups in total. The van der Waals surface area contributed by atoms with E-state index in [9.17, 15) is 24.6 Å². The van der Waals surface area contributed by atoms with E-state index in [1.165, 1.54) is 30.6 Å². The van der Waals surface area contributed by atoms with Crippen molar-refractivity contribution in [1.29, 1.82) is 0 Å². The van der Waals surface area contributed by atoms with Crippen molar-refractivity contribution in [3.8, 4) is 0 Å². The topological polar surface area (TPSA) is 110 Å². The van der Waals surface area contributed by atoms with Crippen LogP contribution in [0.3, 0.4) is 0 Å². The second-order valence-corrected chi connectivity index (χ2v) is 14.1. The van der Waals surface area contributed by atoms with Crippen molar-refractivity contribution >= 4 is 17.7 Å². The van der Waals surface area contributed by atoms with Crippen LogP contribution in [0.5, 0.6) is 0 Å². The number of aliphatic hydroxyl groups is 2. The molecule has 4 atom stereocenters. The lowest BCUT2D eigenvalue weighted by molar-refractivity contribution is -0.148. The summed E-state index contributed by atoms with van der Waals surface area (Å²) in [4.78, 5) is 43.0. The van der Waals surface area contributed by atoms with Crippen molar-refractivity contribution in [3.63, 3.8) is 0 Å². The van der Waals surface area contributed by atoms with E-state index in [2.05, 4.69) is 5.32 Å². The molecular formula is C33H59N3O5. The molecule has 3 fully saturated rings. The van der Waals surface area contributed by atoms with Gasteiger partial charge in [0.15, 0.2) is 0 Å². The maximum Gasteiger partial charge on any atom is 0.241 e. The van der Waals surface area contributed by atoms with Crippen molar-refractivity contribution < 1.29 is 24.6 Å². The highest BCUT2D eigenvalue weighted by Crippen LogP contribution is 2.39. The zero-order valence-electron chi connectivity index (χ0n) is 26.4. The van der Waals surface area contributed by atoms with Crippen LogP contribution in [-0.4, -0.2) is 83.2 Å². The molecule has 8 heteroatoms. The fourth-order valence-electron chi connectivity index (χ4n) is 7.02. The van der Waals surface area contributed by atoms with E-state index < -0.39 is 24.2 Å². The molecule has 3 aliphatic carbocycles. The molecule has 0 saturated heterocycles. The largest absolute Gasteiger partial charge is 0.390 e. The van der Waals surface area contributed by atoms with Gasteiger partial charge in [0, 0.05) is 33.0 Å². The van der Waals surface area contributed by atoms with Gasteiger partial charge < -0.3 is 25.3 Å². The number of likely N-dealkylation sites (N-methyl/N-ethyl adjacent to an activating group) is 1. The Morgan fingerprint density at radius 2 is 1.37 bits per heavy atom. The summed E-state index contributed by atoms with van der Waals surface area (Å²) in [5, 5.41) is 25.6. The molecule has 3 saturated carbocycles. The first-order valence-electron chi connectivity index (χ1n) is 16.7. The van der Waals surface area contributed by atoms with E-state index in [0.29, 0.717) is 43.6 Å². The first kappa shape index (κ1) is 33.8. The van der Waals surface area contributed by atoms with Crippen molar-refractivity contribution in [2.75, 3.05) is 27.2 Å². The summed E-state index contributed by atoms with van der Waals surface area (Å²) in [7, 11) is 3.31. The summed E-state index contributed by atoms with van der Waals surface area (Å²) in [6, 6.07) is -0.457. The van der Waals surface area contributed by atoms with Gasteiger partial charge in [-0.25, -0.2) is 0 Å². The predicted octanol–water partition coefficient (Wildman–Crippen LogP) is 4.51. The van der Waals surface area contributed by atoms with Gasteiger partial charge in [0.05, 0.1) is 18.7 Å². The van der Waals surface area contributed by atoms with Gasteiger partial charge in [-0.3, -0.25) is 14.4 Å². The summed E-state index contributed by atoms with van der Waals surface area (Å²) < 4.78 is 0. The third kappa shape index (κ3) is 11.5. The van der Waals surface area contributed by atoms with Gasteiger partial charge in [-0.1, -0.05) is 78.1 Å². The lowest BCUT2D eigenvalue weighted by Crippen LogP contribution is -2.55. The van der Waals surface area contributed by atoms with Gasteiger partial charge in [0.1, 0.15) is 6.10 Å². The van der Waals surface area contributed by atoms with E-state index in [1.54, 1.807) is 14.1 Å². The van der Waals surface area contributed by atoms with Crippen molar-refractivity contribution in [2.24, 2.45) is 29.6 Å². The molecular weight excluding hydrogens is 518 g/mol. The number of carbonyl (C=O) groups is 3. The van der Waals surface area contributed by atoms with E-state index in [4.69, 9.17) is 0 Å². The number of nitrogens with zero attached hydrogens (tertiary/aromatic N) is 2. The third-order valence-corrected chi connectivity index (χ3v) is 9.70. The lowest BCUT2D eigenvalue weighted by atomic mass is 9.80. The van der Waals surface area contributed by atoms with E-state index >= 15 is 0 Å². The highest BCUT2D eigenvalue weighted by Gasteiger charge is 2.41. The van der Waals surface area contributed by atoms with Gasteiger partial charge in [-0.05, 0) is 55.8 Å². The molecule has 0 spiro atoms. The van der Waals surface area contributed by atoms with Crippen LogP contribution in [0.1, 0.15) is 117 Å². The molecule has 3 aliphatic rings. The minimum Gasteiger partial charge on any atom is -0.390 e. The van der Waals surface area contributed by atoms with Gasteiger partial charge in [0.25, 0.3) is 0 Å². The Bertz CT molecular complexity index is 818. The lowest BCUT2D eigenvalue weighted by Gasteiger charge is -2.43. The molecule has 0 radical (unpaired) electrons. The predicted molar refractivity (Wildman–Crippen MR) is 162 cm³/mol. The standard InChI is InChI=1S/C33H59N3O5/c1-23(2)17-29(37)32(40)28(19-24-11-7-5-8-12-24)36(22-26-13-9-6-10-14-26)33(41)27(18-25-15-16-25)20-30(38)34-21-31(39)35(3)4/h23-29,32,37,40H,5-22H2,1-4H3,(H,34,38)/t27-,28+,29+,32-/m1/s1. The van der Waals surface area contributed by atoms with Crippen molar-refractivity contribution in [2.45, 2.75) is 135 Å². The Kier molecular flexibility index (Phi) is 13.9. The number of hydrogen-bond donors (Lipinski definition) is 3. The highest BCUT2D eigenvalue weighted by atomic mass is 16.3. The van der Waals surface area contributed by atoms with Gasteiger partial charge in [-0.2, -0.15) is 0 Å². The number of rotatable bonds is 16. The van der Waals surface area contributed by atoms with Crippen LogP contribution in [0.2, 0.25) is 0 Å². The number of amides is 3. The number of carbonyl (C=O) groups excluding carboxylic acids is 3. The molecule has 0 aromatic rings. The Balaban J connectivity index is 1.87. The number of nitrogens with one attached hydrogen (secondary N) is 1. The monoisotopic (exact) mass is 577 g/mol. The van der Waals surface area contributed by atoms with Crippen LogP contribution < -0.4 is 5.32 Å². The molecule has 0 aliphatic heterocycles. The molecule has 236 valence electrons. The first-order valence-corrected chi connectivity index (χ1v) is 16.7. The molecule has 0 unspecified atom stereocenters. The minimum absolute atomic E-state index is 0.0480. The molecule has 3 amide bonds. The van der Waals surface area contributed by atoms with Crippen LogP contribution in [-0.2, 0) is 14.4 Å². The summed E-state index contributed by atoms with van der Waals surface area (Å²) >= 11 is 0. The van der Waals surface area contributed by atoms with Crippen LogP contribution in [0.15, 0.2) is 0 Å². The summed E-state index contributed by atoms with van der Waals surface area (Å²) in [6.45, 7) is 4.60. The molecule has 41 heavy (non-hydrogen) atoms. The first-order chi connectivity index (χ1) is 19.5. The molecule has 3 rings (SSSR count). The average Bonchev–Trinajstić information content (AvgIpc) is 3.77. The summed E-state index contributed by atoms with van der Waals surface area (Å²) in [5.41, 5.74) is 0. The summed E-state index contributed by atoms with van der Waals surface area (Å²) in [5.74, 6) is 0.497. The smallest absolute Gasteiger partial charge is 0.241 e. The van der Waals surface area contributed by atoms with E-state index in [-0.39, 0.29) is 36.6 Å². The van der Waals surface area contributed by atoms with Crippen LogP contribution in [0, 0.1) is 29.6 Å². The third-order valence-electron chi connectivity index (χ3n) is 9.70. The number of hydrogen-bond acceptors (Lipinski definition) is 5. The Morgan fingerprint density at radius 3 is 1.90 bits per heavy atom. The van der Waals surface area contributed by atoms with E-state index in [1.807, 2.05) is 18.7 Å². The van der Waals surface area contributed by atoms with Crippen LogP contribution >= 0.6 is 0 Å². The maximum absolute atomic E-state index is 14.6. The normalized spacial score (nSPS) is 21.6. The maximum atomic E-state index is 14.6. The van der Waals surface area contributed by atoms with Gasteiger partial charge >= 0.3 is 0 Å². The highest BCUT2D eigenvalue weighted by molar-refractivity contribution is 5.88. The Morgan fingerprint density at radius 1 is 0.805 bits per heavy atom. The SMILES string of the molecule is CC(C)C[C@H](O)[C@H](O)[C@H](CC1CCCCC1)N(CC1CCCCC1)C(=O)[C@@H](CC(=O)NCC(=O)N(C)C)CC1CC1. The fraction of sp³-hybridized carbons (Fsp3) is 0.909. The van der Waals surface area contributed by atoms with Crippen LogP contribution in [0.4, 0.5) is 0 Å². The fourth-order valence-corrected chi connectivity index (χ4v) is 7.02. The Labute approximate surface area is 249 Å². The average molecular weight is 578 g/mol. The number of aliphatic hydroxyl groups excluding tert-OH is 2. The van der Waals surface area contributed by atoms with E-state index in [0.717, 1.165) is 51.4 Å². The zero-order valence-corrected chi connectivity index (χ0v) is 26.4. The molecule has 8 nitrogen and oxygen atoms in total. The second kappa shape index (κ2) is 16.8. The molecule has 0 aromatic heterocycles. The molecule has 0 heterocycles. The molecule has 0 aromatic carbocycles. The van der Waals surface area contributed by atoms with Crippen molar-refractivity contribution in [3.05, 3.63) is 0 Å². The van der Waals surface area contributed by atoms with Crippen LogP contribution in [0.25, 0.3) is 0 Å². The Hall–Kier alpha value is -1.67. The van der Waals surface area contributed by atoms with Gasteiger partial charge in [-0.15, -0.1) is 0 Å². The second-order valence-electron chi connectivity index (χ2n) is 14.1.